The van der Waals surface area contributed by atoms with E-state index in [-0.39, 0.29) is 38.2 Å². The minimum Gasteiger partial charge on any atom is -0.481 e. The van der Waals surface area contributed by atoms with Crippen LogP contribution in [0.15, 0.2) is 35.3 Å². The zero-order valence-corrected chi connectivity index (χ0v) is 23.0. The summed E-state index contributed by atoms with van der Waals surface area (Å²) in [6.45, 7) is 0.618. The van der Waals surface area contributed by atoms with Gasteiger partial charge < -0.3 is 49.1 Å². The van der Waals surface area contributed by atoms with Crippen molar-refractivity contribution in [1.29, 1.82) is 0 Å². The predicted octanol–water partition coefficient (Wildman–Crippen LogP) is -1.86. The van der Waals surface area contributed by atoms with Gasteiger partial charge in [0.15, 0.2) is 5.96 Å². The molecule has 3 amide bonds. The molecule has 0 aliphatic carbocycles. The minimum atomic E-state index is -1.47. The molecule has 0 radical (unpaired) electrons. The van der Waals surface area contributed by atoms with Crippen molar-refractivity contribution in [2.45, 2.75) is 75.5 Å². The molecule has 4 unspecified atom stereocenters. The lowest BCUT2D eigenvalue weighted by molar-refractivity contribution is -0.143. The van der Waals surface area contributed by atoms with Crippen molar-refractivity contribution in [3.8, 4) is 0 Å². The summed E-state index contributed by atoms with van der Waals surface area (Å²) >= 11 is 0. The highest BCUT2D eigenvalue weighted by atomic mass is 16.4. The lowest BCUT2D eigenvalue weighted by Crippen LogP contribution is -2.57. The fourth-order valence-electron chi connectivity index (χ4n) is 3.82. The molecule has 41 heavy (non-hydrogen) atoms. The topological polar surface area (TPSA) is 278 Å². The quantitative estimate of drug-likeness (QED) is 0.0470. The molecular weight excluding hydrogens is 536 g/mol. The fourth-order valence-corrected chi connectivity index (χ4v) is 3.82. The van der Waals surface area contributed by atoms with Gasteiger partial charge in [-0.3, -0.25) is 24.2 Å². The number of hydrogen-bond donors (Lipinski definition) is 9. The van der Waals surface area contributed by atoms with Crippen LogP contribution in [-0.4, -0.2) is 83.1 Å². The van der Waals surface area contributed by atoms with E-state index in [1.165, 1.54) is 0 Å². The first kappa shape index (κ1) is 34.8. The van der Waals surface area contributed by atoms with Gasteiger partial charge in [0.2, 0.25) is 17.7 Å². The van der Waals surface area contributed by atoms with Crippen molar-refractivity contribution in [3.63, 3.8) is 0 Å². The van der Waals surface area contributed by atoms with E-state index in [2.05, 4.69) is 20.9 Å². The molecular formula is C26H42N8O7. The van der Waals surface area contributed by atoms with Gasteiger partial charge in [0.1, 0.15) is 18.1 Å². The van der Waals surface area contributed by atoms with Crippen LogP contribution in [0.2, 0.25) is 0 Å². The van der Waals surface area contributed by atoms with Crippen LogP contribution in [0.25, 0.3) is 0 Å². The number of carboxylic acids is 2. The summed E-state index contributed by atoms with van der Waals surface area (Å²) in [5, 5.41) is 25.9. The van der Waals surface area contributed by atoms with E-state index in [1.807, 2.05) is 0 Å². The second kappa shape index (κ2) is 18.9. The Bertz CT molecular complexity index is 1030. The Hall–Kier alpha value is -4.24. The summed E-state index contributed by atoms with van der Waals surface area (Å²) in [6.07, 6.45) is 1.07. The van der Waals surface area contributed by atoms with E-state index in [4.69, 9.17) is 28.0 Å². The Balaban J connectivity index is 3.06. The van der Waals surface area contributed by atoms with E-state index in [9.17, 15) is 29.1 Å². The molecule has 15 heteroatoms. The fraction of sp³-hybridized carbons (Fsp3) is 0.538. The van der Waals surface area contributed by atoms with Crippen LogP contribution in [0.3, 0.4) is 0 Å². The molecule has 4 atom stereocenters. The first-order valence-electron chi connectivity index (χ1n) is 13.3. The molecule has 0 aliphatic rings. The standard InChI is InChI=1S/C26H42N8O7/c27-13-5-4-10-18(23(38)33-19(25(40)41)11-12-21(35)36)32-24(39)20(15-16-7-2-1-3-8-16)34-22(37)17(28)9-6-14-31-26(29)30/h1-3,7-8,17-20H,4-6,9-15,27-28H2,(H,32,39)(H,33,38)(H,34,37)(H,35,36)(H,40,41)(H4,29,30,31). The van der Waals surface area contributed by atoms with E-state index in [1.54, 1.807) is 30.3 Å². The van der Waals surface area contributed by atoms with Gasteiger partial charge in [0, 0.05) is 19.4 Å². The molecule has 0 aliphatic heterocycles. The summed E-state index contributed by atoms with van der Waals surface area (Å²) in [6, 6.07) is 4.19. The van der Waals surface area contributed by atoms with Gasteiger partial charge in [0.25, 0.3) is 0 Å². The van der Waals surface area contributed by atoms with Crippen molar-refractivity contribution in [1.82, 2.24) is 16.0 Å². The third kappa shape index (κ3) is 14.6. The van der Waals surface area contributed by atoms with E-state index < -0.39 is 60.2 Å². The molecule has 0 heterocycles. The molecule has 1 rings (SSSR count). The highest BCUT2D eigenvalue weighted by Gasteiger charge is 2.30. The molecule has 15 nitrogen and oxygen atoms in total. The number of aliphatic carboxylic acids is 2. The summed E-state index contributed by atoms with van der Waals surface area (Å²) in [7, 11) is 0. The minimum absolute atomic E-state index is 0.0794. The largest absolute Gasteiger partial charge is 0.481 e. The lowest BCUT2D eigenvalue weighted by atomic mass is 10.0. The number of carboxylic acid groups (broad SMARTS) is 2. The number of amides is 3. The molecule has 0 spiro atoms. The number of nitrogens with zero attached hydrogens (tertiary/aromatic N) is 1. The van der Waals surface area contributed by atoms with Gasteiger partial charge in [-0.15, -0.1) is 0 Å². The summed E-state index contributed by atoms with van der Waals surface area (Å²) < 4.78 is 0. The van der Waals surface area contributed by atoms with Crippen molar-refractivity contribution in [2.24, 2.45) is 27.9 Å². The van der Waals surface area contributed by atoms with Crippen molar-refractivity contribution >= 4 is 35.6 Å². The Labute approximate surface area is 238 Å². The molecule has 0 aromatic heterocycles. The maximum absolute atomic E-state index is 13.4. The van der Waals surface area contributed by atoms with Gasteiger partial charge in [-0.05, 0) is 50.6 Å². The molecule has 1 aromatic rings. The monoisotopic (exact) mass is 578 g/mol. The van der Waals surface area contributed by atoms with Crippen LogP contribution in [0, 0.1) is 0 Å². The number of carbonyl (C=O) groups excluding carboxylic acids is 3. The van der Waals surface area contributed by atoms with Gasteiger partial charge in [0.05, 0.1) is 6.04 Å². The highest BCUT2D eigenvalue weighted by molar-refractivity contribution is 5.94. The average Bonchev–Trinajstić information content (AvgIpc) is 2.92. The number of nitrogens with one attached hydrogen (secondary N) is 3. The van der Waals surface area contributed by atoms with Crippen LogP contribution in [-0.2, 0) is 30.4 Å². The molecule has 0 fully saturated rings. The second-order valence-corrected chi connectivity index (χ2v) is 9.48. The van der Waals surface area contributed by atoms with Crippen molar-refractivity contribution < 1.29 is 34.2 Å². The summed E-state index contributed by atoms with van der Waals surface area (Å²) in [4.78, 5) is 65.6. The third-order valence-electron chi connectivity index (χ3n) is 6.06. The summed E-state index contributed by atoms with van der Waals surface area (Å²) in [5.41, 5.74) is 22.9. The molecule has 1 aromatic carbocycles. The number of nitrogens with two attached hydrogens (primary N) is 4. The number of carbonyl (C=O) groups is 5. The van der Waals surface area contributed by atoms with Gasteiger partial charge in [-0.1, -0.05) is 30.3 Å². The zero-order valence-electron chi connectivity index (χ0n) is 23.0. The smallest absolute Gasteiger partial charge is 0.326 e. The number of aliphatic imine (C=N–C) groups is 1. The molecule has 228 valence electrons. The summed E-state index contributed by atoms with van der Waals surface area (Å²) in [5.74, 6) is -4.77. The number of rotatable bonds is 20. The lowest BCUT2D eigenvalue weighted by Gasteiger charge is -2.25. The Morgan fingerprint density at radius 3 is 1.98 bits per heavy atom. The van der Waals surface area contributed by atoms with Crippen LogP contribution in [0.1, 0.15) is 50.5 Å². The third-order valence-corrected chi connectivity index (χ3v) is 6.06. The number of unbranched alkanes of at least 4 members (excludes halogenated alkanes) is 1. The SMILES string of the molecule is NCCCCC(NC(=O)C(Cc1ccccc1)NC(=O)C(N)CCCN=C(N)N)C(=O)NC(CCC(=O)O)C(=O)O. The van der Waals surface area contributed by atoms with E-state index >= 15 is 0 Å². The highest BCUT2D eigenvalue weighted by Crippen LogP contribution is 2.08. The predicted molar refractivity (Wildman–Crippen MR) is 151 cm³/mol. The molecule has 0 saturated carbocycles. The normalized spacial score (nSPS) is 13.6. The van der Waals surface area contributed by atoms with E-state index in [0.717, 1.165) is 5.56 Å². The first-order chi connectivity index (χ1) is 19.4. The second-order valence-electron chi connectivity index (χ2n) is 9.48. The van der Waals surface area contributed by atoms with Crippen molar-refractivity contribution in [2.75, 3.05) is 13.1 Å². The first-order valence-corrected chi connectivity index (χ1v) is 13.3. The molecule has 0 bridgehead atoms. The maximum Gasteiger partial charge on any atom is 0.326 e. The number of hydrogen-bond acceptors (Lipinski definition) is 8. The van der Waals surface area contributed by atoms with Gasteiger partial charge >= 0.3 is 11.9 Å². The van der Waals surface area contributed by atoms with Crippen molar-refractivity contribution in [3.05, 3.63) is 35.9 Å². The maximum atomic E-state index is 13.4. The van der Waals surface area contributed by atoms with Gasteiger partial charge in [-0.25, -0.2) is 4.79 Å². The Kier molecular flexibility index (Phi) is 16.1. The Morgan fingerprint density at radius 2 is 1.39 bits per heavy atom. The van der Waals surface area contributed by atoms with E-state index in [0.29, 0.717) is 25.8 Å². The van der Waals surface area contributed by atoms with Crippen LogP contribution >= 0.6 is 0 Å². The average molecular weight is 579 g/mol. The van der Waals surface area contributed by atoms with Crippen LogP contribution < -0.4 is 38.9 Å². The molecule has 13 N–H and O–H groups in total. The van der Waals surface area contributed by atoms with Gasteiger partial charge in [-0.2, -0.15) is 0 Å². The molecule has 0 saturated heterocycles. The number of guanidine groups is 1. The van der Waals surface area contributed by atoms with Crippen LogP contribution in [0.5, 0.6) is 0 Å². The Morgan fingerprint density at radius 1 is 0.780 bits per heavy atom. The number of benzene rings is 1. The zero-order chi connectivity index (χ0) is 30.8. The van der Waals surface area contributed by atoms with Crippen LogP contribution in [0.4, 0.5) is 0 Å².